The van der Waals surface area contributed by atoms with E-state index in [2.05, 4.69) is 27.7 Å². The third kappa shape index (κ3) is 4.37. The molecule has 1 aliphatic carbocycles. The van der Waals surface area contributed by atoms with Gasteiger partial charge in [0.05, 0.1) is 17.8 Å². The van der Waals surface area contributed by atoms with Gasteiger partial charge in [-0.25, -0.2) is 0 Å². The summed E-state index contributed by atoms with van der Waals surface area (Å²) < 4.78 is 0. The Balaban J connectivity index is 3.14. The van der Waals surface area contributed by atoms with E-state index in [0.717, 1.165) is 24.8 Å². The highest BCUT2D eigenvalue weighted by Gasteiger charge is 2.53. The first-order valence-electron chi connectivity index (χ1n) is 9.23. The van der Waals surface area contributed by atoms with E-state index in [0.29, 0.717) is 30.4 Å². The number of hydrogen-bond donors (Lipinski definition) is 2. The second-order valence-corrected chi connectivity index (χ2v) is 8.38. The molecule has 0 aromatic heterocycles. The molecule has 0 saturated heterocycles. The quantitative estimate of drug-likeness (QED) is 0.625. The van der Waals surface area contributed by atoms with Crippen LogP contribution in [-0.2, 0) is 4.79 Å². The van der Waals surface area contributed by atoms with Crippen LogP contribution in [0.2, 0.25) is 0 Å². The molecule has 1 rings (SSSR count). The minimum absolute atomic E-state index is 0.000231. The number of Topliss-reactive ketones (excluding diaryl/α,β-unsaturated/α-hetero) is 1. The molecule has 23 heavy (non-hydrogen) atoms. The van der Waals surface area contributed by atoms with Gasteiger partial charge in [-0.1, -0.05) is 48.0 Å². The third-order valence-electron chi connectivity index (χ3n) is 5.43. The summed E-state index contributed by atoms with van der Waals surface area (Å²) >= 11 is 0. The lowest BCUT2D eigenvalue weighted by Gasteiger charge is -2.32. The monoisotopic (exact) mass is 324 g/mol. The van der Waals surface area contributed by atoms with Crippen molar-refractivity contribution in [1.29, 1.82) is 0 Å². The van der Waals surface area contributed by atoms with Crippen molar-refractivity contribution in [3.8, 4) is 0 Å². The van der Waals surface area contributed by atoms with Gasteiger partial charge in [-0.2, -0.15) is 0 Å². The Morgan fingerprint density at radius 1 is 1.13 bits per heavy atom. The fourth-order valence-corrected chi connectivity index (χ4v) is 3.74. The average molecular weight is 325 g/mol. The van der Waals surface area contributed by atoms with Crippen LogP contribution >= 0.6 is 0 Å². The van der Waals surface area contributed by atoms with Gasteiger partial charge in [0, 0.05) is 12.3 Å². The van der Waals surface area contributed by atoms with E-state index in [4.69, 9.17) is 0 Å². The van der Waals surface area contributed by atoms with Crippen LogP contribution in [0.4, 0.5) is 0 Å². The van der Waals surface area contributed by atoms with E-state index in [-0.39, 0.29) is 24.2 Å². The Labute approximate surface area is 142 Å². The maximum atomic E-state index is 13.1. The normalized spacial score (nSPS) is 27.6. The highest BCUT2D eigenvalue weighted by molar-refractivity contribution is 5.94. The summed E-state index contributed by atoms with van der Waals surface area (Å²) in [7, 11) is 0. The molecule has 2 N–H and O–H groups in total. The number of aliphatic hydroxyl groups excluding tert-OH is 2. The zero-order valence-corrected chi connectivity index (χ0v) is 15.9. The van der Waals surface area contributed by atoms with E-state index in [1.807, 2.05) is 13.8 Å². The molecule has 2 unspecified atom stereocenters. The summed E-state index contributed by atoms with van der Waals surface area (Å²) in [4.78, 5) is 13.1. The van der Waals surface area contributed by atoms with Crippen LogP contribution < -0.4 is 0 Å². The van der Waals surface area contributed by atoms with Gasteiger partial charge in [0.2, 0.25) is 0 Å². The number of carbonyl (C=O) groups excluding carboxylic acids is 1. The van der Waals surface area contributed by atoms with Crippen molar-refractivity contribution in [2.24, 2.45) is 29.1 Å². The Morgan fingerprint density at radius 2 is 1.70 bits per heavy atom. The molecule has 1 fully saturated rings. The number of hydrogen-bond acceptors (Lipinski definition) is 3. The van der Waals surface area contributed by atoms with E-state index < -0.39 is 5.41 Å². The van der Waals surface area contributed by atoms with E-state index in [9.17, 15) is 15.0 Å². The lowest BCUT2D eigenvalue weighted by Crippen LogP contribution is -2.39. The third-order valence-corrected chi connectivity index (χ3v) is 5.43. The van der Waals surface area contributed by atoms with Gasteiger partial charge in [0.15, 0.2) is 0 Å². The first-order chi connectivity index (χ1) is 10.7. The maximum absolute atomic E-state index is 13.1. The summed E-state index contributed by atoms with van der Waals surface area (Å²) in [6.45, 7) is 12.4. The van der Waals surface area contributed by atoms with Gasteiger partial charge in [0.1, 0.15) is 5.78 Å². The molecule has 1 aliphatic rings. The zero-order chi connectivity index (χ0) is 17.8. The molecule has 2 atom stereocenters. The molecule has 3 heteroatoms. The van der Waals surface area contributed by atoms with E-state index in [1.54, 1.807) is 0 Å². The molecule has 0 aromatic rings. The second kappa shape index (κ2) is 8.32. The molecule has 0 aromatic carbocycles. The van der Waals surface area contributed by atoms with Crippen molar-refractivity contribution in [2.75, 3.05) is 6.61 Å². The van der Waals surface area contributed by atoms with Crippen molar-refractivity contribution < 1.29 is 15.0 Å². The van der Waals surface area contributed by atoms with Gasteiger partial charge in [-0.3, -0.25) is 4.79 Å². The Hall–Kier alpha value is -0.830. The zero-order valence-electron chi connectivity index (χ0n) is 15.9. The molecule has 0 heterocycles. The molecular weight excluding hydrogens is 288 g/mol. The number of allylic oxidation sites excluding steroid dienone is 1. The number of ketones is 1. The molecule has 0 spiro atoms. The lowest BCUT2D eigenvalue weighted by atomic mass is 9.71. The summed E-state index contributed by atoms with van der Waals surface area (Å²) in [5.41, 5.74) is -0.0580. The van der Waals surface area contributed by atoms with Crippen molar-refractivity contribution >= 4 is 5.78 Å². The van der Waals surface area contributed by atoms with Crippen LogP contribution in [0.15, 0.2) is 11.3 Å². The fourth-order valence-electron chi connectivity index (χ4n) is 3.74. The van der Waals surface area contributed by atoms with Gasteiger partial charge in [-0.05, 0) is 42.6 Å². The summed E-state index contributed by atoms with van der Waals surface area (Å²) in [6, 6.07) is 0. The van der Waals surface area contributed by atoms with Crippen molar-refractivity contribution in [1.82, 2.24) is 0 Å². The van der Waals surface area contributed by atoms with Crippen LogP contribution in [0.3, 0.4) is 0 Å². The molecule has 1 saturated carbocycles. The highest BCUT2D eigenvalue weighted by Crippen LogP contribution is 2.51. The minimum atomic E-state index is -0.872. The van der Waals surface area contributed by atoms with Crippen molar-refractivity contribution in [3.63, 3.8) is 0 Å². The number of carbonyl (C=O) groups is 1. The van der Waals surface area contributed by atoms with Crippen molar-refractivity contribution in [3.05, 3.63) is 11.3 Å². The van der Waals surface area contributed by atoms with Gasteiger partial charge in [0.25, 0.3) is 0 Å². The summed E-state index contributed by atoms with van der Waals surface area (Å²) in [5.74, 6) is 1.51. The first kappa shape index (κ1) is 20.2. The minimum Gasteiger partial charge on any atom is -0.512 e. The molecule has 0 bridgehead atoms. The fraction of sp³-hybridized carbons (Fsp3) is 0.850. The van der Waals surface area contributed by atoms with E-state index >= 15 is 0 Å². The average Bonchev–Trinajstić information content (AvgIpc) is 2.76. The smallest absolute Gasteiger partial charge is 0.149 e. The topological polar surface area (TPSA) is 57.5 Å². The van der Waals surface area contributed by atoms with Crippen LogP contribution in [0.1, 0.15) is 73.6 Å². The second-order valence-electron chi connectivity index (χ2n) is 8.38. The molecule has 0 aliphatic heterocycles. The summed E-state index contributed by atoms with van der Waals surface area (Å²) in [5, 5.41) is 20.7. The van der Waals surface area contributed by atoms with Crippen molar-refractivity contribution in [2.45, 2.75) is 73.6 Å². The predicted octanol–water partition coefficient (Wildman–Crippen LogP) is 4.89. The first-order valence-corrected chi connectivity index (χ1v) is 9.23. The van der Waals surface area contributed by atoms with Gasteiger partial charge in [-0.15, -0.1) is 0 Å². The highest BCUT2D eigenvalue weighted by atomic mass is 16.3. The van der Waals surface area contributed by atoms with Crippen LogP contribution in [0, 0.1) is 29.1 Å². The number of rotatable bonds is 8. The summed E-state index contributed by atoms with van der Waals surface area (Å²) in [6.07, 6.45) is 3.99. The molecule has 0 radical (unpaired) electrons. The molecule has 3 nitrogen and oxygen atoms in total. The molecular formula is C20H36O3. The molecule has 0 amide bonds. The van der Waals surface area contributed by atoms with Crippen LogP contribution in [0.25, 0.3) is 0 Å². The van der Waals surface area contributed by atoms with Crippen LogP contribution in [0.5, 0.6) is 0 Å². The lowest BCUT2D eigenvalue weighted by molar-refractivity contribution is -0.132. The Bertz CT molecular complexity index is 434. The number of aliphatic hydroxyl groups is 2. The SMILES string of the molecule is CC(C)CCC(O)=C1CC(CCC(C)C)C(=O)C1(CO)C(C)C. The molecule has 134 valence electrons. The van der Waals surface area contributed by atoms with Crippen LogP contribution in [-0.4, -0.2) is 22.6 Å². The standard InChI is InChI=1S/C20H36O3/c1-13(2)7-9-16-11-17(18(22)10-8-14(3)4)20(12-21,15(5)6)19(16)23/h13-16,21-22H,7-12H2,1-6H3. The van der Waals surface area contributed by atoms with Gasteiger partial charge >= 0.3 is 0 Å². The maximum Gasteiger partial charge on any atom is 0.149 e. The largest absolute Gasteiger partial charge is 0.512 e. The van der Waals surface area contributed by atoms with Gasteiger partial charge < -0.3 is 10.2 Å². The van der Waals surface area contributed by atoms with E-state index in [1.165, 1.54) is 0 Å². The Morgan fingerprint density at radius 3 is 2.13 bits per heavy atom. The Kier molecular flexibility index (Phi) is 7.31. The predicted molar refractivity (Wildman–Crippen MR) is 95.3 cm³/mol.